The number of nitrogens with one attached hydrogen (secondary N) is 1. The van der Waals surface area contributed by atoms with Gasteiger partial charge in [0.1, 0.15) is 0 Å². The Balaban J connectivity index is 2.48. The molecule has 0 bridgehead atoms. The maximum atomic E-state index is 11.2. The Kier molecular flexibility index (Phi) is 4.79. The van der Waals surface area contributed by atoms with Crippen LogP contribution in [0.5, 0.6) is 0 Å². The van der Waals surface area contributed by atoms with E-state index in [0.29, 0.717) is 5.56 Å². The average Bonchev–Trinajstić information content (AvgIpc) is 2.28. The quantitative estimate of drug-likeness (QED) is 0.766. The highest BCUT2D eigenvalue weighted by molar-refractivity contribution is 5.89. The van der Waals surface area contributed by atoms with E-state index >= 15 is 0 Å². The van der Waals surface area contributed by atoms with Crippen LogP contribution in [0.1, 0.15) is 10.4 Å². The standard InChI is InChI=1S/C12H18N2O2/c1-14(2)9-8-13-11-6-4-10(5-7-11)12(15)16-3/h4-7,13H,8-9H2,1-3H3. The number of rotatable bonds is 5. The van der Waals surface area contributed by atoms with E-state index in [2.05, 4.69) is 15.0 Å². The number of likely N-dealkylation sites (N-methyl/N-ethyl adjacent to an activating group) is 1. The Hall–Kier alpha value is -1.55. The zero-order valence-electron chi connectivity index (χ0n) is 9.99. The summed E-state index contributed by atoms with van der Waals surface area (Å²) in [6.45, 7) is 1.85. The largest absolute Gasteiger partial charge is 0.465 e. The Bertz CT molecular complexity index is 333. The molecule has 16 heavy (non-hydrogen) atoms. The molecule has 0 fully saturated rings. The van der Waals surface area contributed by atoms with Gasteiger partial charge in [-0.05, 0) is 38.4 Å². The molecule has 0 spiro atoms. The van der Waals surface area contributed by atoms with E-state index in [1.807, 2.05) is 26.2 Å². The van der Waals surface area contributed by atoms with E-state index in [9.17, 15) is 4.79 Å². The van der Waals surface area contributed by atoms with Crippen molar-refractivity contribution in [1.29, 1.82) is 0 Å². The summed E-state index contributed by atoms with van der Waals surface area (Å²) in [4.78, 5) is 13.3. The lowest BCUT2D eigenvalue weighted by atomic mass is 10.2. The Morgan fingerprint density at radius 1 is 1.31 bits per heavy atom. The molecule has 0 aromatic heterocycles. The number of benzene rings is 1. The summed E-state index contributed by atoms with van der Waals surface area (Å²) in [7, 11) is 5.44. The van der Waals surface area contributed by atoms with Crippen molar-refractivity contribution < 1.29 is 9.53 Å². The van der Waals surface area contributed by atoms with Crippen molar-refractivity contribution in [3.8, 4) is 0 Å². The van der Waals surface area contributed by atoms with Crippen molar-refractivity contribution in [2.75, 3.05) is 39.6 Å². The van der Waals surface area contributed by atoms with Crippen LogP contribution in [0, 0.1) is 0 Å². The third-order valence-corrected chi connectivity index (χ3v) is 2.19. The molecule has 0 heterocycles. The summed E-state index contributed by atoms with van der Waals surface area (Å²) in [6, 6.07) is 7.26. The maximum absolute atomic E-state index is 11.2. The maximum Gasteiger partial charge on any atom is 0.337 e. The van der Waals surface area contributed by atoms with Crippen LogP contribution >= 0.6 is 0 Å². The van der Waals surface area contributed by atoms with Gasteiger partial charge in [0.05, 0.1) is 12.7 Å². The van der Waals surface area contributed by atoms with Crippen molar-refractivity contribution >= 4 is 11.7 Å². The van der Waals surface area contributed by atoms with Crippen molar-refractivity contribution in [2.24, 2.45) is 0 Å². The van der Waals surface area contributed by atoms with Crippen molar-refractivity contribution in [1.82, 2.24) is 4.90 Å². The summed E-state index contributed by atoms with van der Waals surface area (Å²) >= 11 is 0. The lowest BCUT2D eigenvalue weighted by molar-refractivity contribution is 0.0601. The zero-order chi connectivity index (χ0) is 12.0. The Labute approximate surface area is 96.2 Å². The van der Waals surface area contributed by atoms with E-state index in [1.54, 1.807) is 12.1 Å². The lowest BCUT2D eigenvalue weighted by Gasteiger charge is -2.11. The minimum absolute atomic E-state index is 0.306. The van der Waals surface area contributed by atoms with Gasteiger partial charge < -0.3 is 15.0 Å². The van der Waals surface area contributed by atoms with E-state index in [1.165, 1.54) is 7.11 Å². The van der Waals surface area contributed by atoms with Crippen molar-refractivity contribution in [2.45, 2.75) is 0 Å². The van der Waals surface area contributed by atoms with Gasteiger partial charge in [0.15, 0.2) is 0 Å². The molecule has 0 aliphatic rings. The highest BCUT2D eigenvalue weighted by Gasteiger charge is 2.03. The molecule has 0 aliphatic heterocycles. The summed E-state index contributed by atoms with van der Waals surface area (Å²) in [5.74, 6) is -0.306. The highest BCUT2D eigenvalue weighted by Crippen LogP contribution is 2.09. The zero-order valence-corrected chi connectivity index (χ0v) is 9.99. The molecule has 88 valence electrons. The molecule has 4 nitrogen and oxygen atoms in total. The molecular weight excluding hydrogens is 204 g/mol. The predicted octanol–water partition coefficient (Wildman–Crippen LogP) is 1.45. The number of carbonyl (C=O) groups is 1. The van der Waals surface area contributed by atoms with Crippen LogP contribution in [0.3, 0.4) is 0 Å². The predicted molar refractivity (Wildman–Crippen MR) is 64.8 cm³/mol. The summed E-state index contributed by atoms with van der Waals surface area (Å²) < 4.78 is 4.62. The molecule has 1 aromatic carbocycles. The molecular formula is C12H18N2O2. The number of nitrogens with zero attached hydrogens (tertiary/aromatic N) is 1. The first-order valence-electron chi connectivity index (χ1n) is 5.20. The second-order valence-corrected chi connectivity index (χ2v) is 3.80. The van der Waals surface area contributed by atoms with Gasteiger partial charge in [-0.15, -0.1) is 0 Å². The first-order valence-corrected chi connectivity index (χ1v) is 5.20. The topological polar surface area (TPSA) is 41.6 Å². The van der Waals surface area contributed by atoms with Crippen LogP contribution < -0.4 is 5.32 Å². The van der Waals surface area contributed by atoms with E-state index in [0.717, 1.165) is 18.8 Å². The summed E-state index contributed by atoms with van der Waals surface area (Å²) in [6.07, 6.45) is 0. The van der Waals surface area contributed by atoms with Gasteiger partial charge in [0.2, 0.25) is 0 Å². The third-order valence-electron chi connectivity index (χ3n) is 2.19. The van der Waals surface area contributed by atoms with Crippen molar-refractivity contribution in [3.05, 3.63) is 29.8 Å². The highest BCUT2D eigenvalue weighted by atomic mass is 16.5. The average molecular weight is 222 g/mol. The fourth-order valence-corrected chi connectivity index (χ4v) is 1.27. The molecule has 0 unspecified atom stereocenters. The van der Waals surface area contributed by atoms with Gasteiger partial charge >= 0.3 is 5.97 Å². The van der Waals surface area contributed by atoms with Crippen molar-refractivity contribution in [3.63, 3.8) is 0 Å². The van der Waals surface area contributed by atoms with Gasteiger partial charge in [0, 0.05) is 18.8 Å². The molecule has 0 saturated carbocycles. The van der Waals surface area contributed by atoms with Crippen LogP contribution in [0.4, 0.5) is 5.69 Å². The second-order valence-electron chi connectivity index (χ2n) is 3.80. The van der Waals surface area contributed by atoms with Gasteiger partial charge in [-0.25, -0.2) is 4.79 Å². The van der Waals surface area contributed by atoms with Crippen LogP contribution in [0.25, 0.3) is 0 Å². The number of methoxy groups -OCH3 is 1. The number of carbonyl (C=O) groups excluding carboxylic acids is 1. The molecule has 1 rings (SSSR count). The molecule has 1 N–H and O–H groups in total. The van der Waals surface area contributed by atoms with Gasteiger partial charge in [-0.3, -0.25) is 0 Å². The van der Waals surface area contributed by atoms with E-state index in [4.69, 9.17) is 0 Å². The Morgan fingerprint density at radius 3 is 2.44 bits per heavy atom. The SMILES string of the molecule is COC(=O)c1ccc(NCCN(C)C)cc1. The summed E-state index contributed by atoms with van der Waals surface area (Å²) in [5.41, 5.74) is 1.58. The monoisotopic (exact) mass is 222 g/mol. The molecule has 4 heteroatoms. The number of esters is 1. The van der Waals surface area contributed by atoms with Crippen LogP contribution in [-0.2, 0) is 4.74 Å². The van der Waals surface area contributed by atoms with E-state index < -0.39 is 0 Å². The molecule has 0 amide bonds. The number of hydrogen-bond donors (Lipinski definition) is 1. The fraction of sp³-hybridized carbons (Fsp3) is 0.417. The molecule has 0 aliphatic carbocycles. The number of hydrogen-bond acceptors (Lipinski definition) is 4. The molecule has 0 atom stereocenters. The lowest BCUT2D eigenvalue weighted by Crippen LogP contribution is -2.20. The molecule has 0 saturated heterocycles. The van der Waals surface area contributed by atoms with Crippen LogP contribution in [0.2, 0.25) is 0 Å². The van der Waals surface area contributed by atoms with Crippen LogP contribution in [-0.4, -0.2) is 45.2 Å². The minimum atomic E-state index is -0.306. The smallest absolute Gasteiger partial charge is 0.337 e. The summed E-state index contributed by atoms with van der Waals surface area (Å²) in [5, 5.41) is 3.27. The molecule has 0 radical (unpaired) electrons. The first-order chi connectivity index (χ1) is 7.63. The van der Waals surface area contributed by atoms with Gasteiger partial charge in [0.25, 0.3) is 0 Å². The normalized spacial score (nSPS) is 10.2. The fourth-order valence-electron chi connectivity index (χ4n) is 1.27. The number of anilines is 1. The van der Waals surface area contributed by atoms with Crippen LogP contribution in [0.15, 0.2) is 24.3 Å². The third kappa shape index (κ3) is 3.90. The van der Waals surface area contributed by atoms with E-state index in [-0.39, 0.29) is 5.97 Å². The first kappa shape index (κ1) is 12.5. The minimum Gasteiger partial charge on any atom is -0.465 e. The van der Waals surface area contributed by atoms with Gasteiger partial charge in [-0.2, -0.15) is 0 Å². The number of ether oxygens (including phenoxy) is 1. The van der Waals surface area contributed by atoms with Gasteiger partial charge in [-0.1, -0.05) is 0 Å². The Morgan fingerprint density at radius 2 is 1.94 bits per heavy atom. The second kappa shape index (κ2) is 6.12. The molecule has 1 aromatic rings.